The predicted molar refractivity (Wildman–Crippen MR) is 77.2 cm³/mol. The molecule has 1 saturated carbocycles. The lowest BCUT2D eigenvalue weighted by Crippen LogP contribution is -2.24. The van der Waals surface area contributed by atoms with Crippen LogP contribution in [0.1, 0.15) is 64.7 Å². The molecule has 1 aliphatic carbocycles. The van der Waals surface area contributed by atoms with E-state index in [-0.39, 0.29) is 11.9 Å². The van der Waals surface area contributed by atoms with E-state index in [2.05, 4.69) is 11.7 Å². The van der Waals surface area contributed by atoms with Crippen LogP contribution < -0.4 is 0 Å². The molecule has 0 radical (unpaired) electrons. The van der Waals surface area contributed by atoms with Crippen LogP contribution in [-0.4, -0.2) is 25.7 Å². The van der Waals surface area contributed by atoms with Gasteiger partial charge in [-0.25, -0.2) is 0 Å². The van der Waals surface area contributed by atoms with E-state index >= 15 is 0 Å². The highest BCUT2D eigenvalue weighted by molar-refractivity contribution is 5.72. The summed E-state index contributed by atoms with van der Waals surface area (Å²) in [4.78, 5) is 21.8. The number of hydrogen-bond donors (Lipinski definition) is 0. The summed E-state index contributed by atoms with van der Waals surface area (Å²) in [5, 5.41) is 0. The second kappa shape index (κ2) is 10.7. The van der Waals surface area contributed by atoms with Crippen LogP contribution in [0.25, 0.3) is 0 Å². The zero-order chi connectivity index (χ0) is 14.6. The fourth-order valence-electron chi connectivity index (χ4n) is 2.81. The van der Waals surface area contributed by atoms with Gasteiger partial charge in [0.05, 0.1) is 19.1 Å². The fraction of sp³-hybridized carbons (Fsp3) is 0.875. The van der Waals surface area contributed by atoms with Crippen molar-refractivity contribution in [3.05, 3.63) is 0 Å². The fourth-order valence-corrected chi connectivity index (χ4v) is 2.81. The summed E-state index contributed by atoms with van der Waals surface area (Å²) < 4.78 is 9.88. The third kappa shape index (κ3) is 6.92. The van der Waals surface area contributed by atoms with E-state index in [0.29, 0.717) is 19.7 Å². The van der Waals surface area contributed by atoms with Crippen molar-refractivity contribution < 1.29 is 19.1 Å². The molecule has 0 aromatic heterocycles. The van der Waals surface area contributed by atoms with E-state index in [1.165, 1.54) is 32.1 Å². The first-order valence-electron chi connectivity index (χ1n) is 7.99. The molecule has 0 spiro atoms. The highest BCUT2D eigenvalue weighted by Crippen LogP contribution is 2.32. The van der Waals surface area contributed by atoms with E-state index < -0.39 is 0 Å². The summed E-state index contributed by atoms with van der Waals surface area (Å²) in [5.41, 5.74) is 0. The Kier molecular flexibility index (Phi) is 9.09. The molecule has 0 N–H and O–H groups in total. The molecule has 4 heteroatoms. The van der Waals surface area contributed by atoms with Crippen molar-refractivity contribution in [2.24, 2.45) is 11.8 Å². The standard InChI is InChI=1S/C16H28O4/c1-2-3-6-14-7-9-15(10-8-14)16(18)20-12-5-4-11-19-13-17/h13-15H,2-12H2,1H3. The van der Waals surface area contributed by atoms with Gasteiger partial charge < -0.3 is 9.47 Å². The van der Waals surface area contributed by atoms with E-state index in [1.807, 2.05) is 0 Å². The van der Waals surface area contributed by atoms with Crippen molar-refractivity contribution in [1.29, 1.82) is 0 Å². The highest BCUT2D eigenvalue weighted by atomic mass is 16.5. The van der Waals surface area contributed by atoms with Crippen LogP contribution in [0.2, 0.25) is 0 Å². The van der Waals surface area contributed by atoms with Crippen molar-refractivity contribution in [2.75, 3.05) is 13.2 Å². The number of ether oxygens (including phenoxy) is 2. The van der Waals surface area contributed by atoms with Gasteiger partial charge >= 0.3 is 5.97 Å². The smallest absolute Gasteiger partial charge is 0.308 e. The van der Waals surface area contributed by atoms with Crippen LogP contribution in [0.3, 0.4) is 0 Å². The van der Waals surface area contributed by atoms with Crippen LogP contribution in [0, 0.1) is 11.8 Å². The normalized spacial score (nSPS) is 22.2. The van der Waals surface area contributed by atoms with Crippen LogP contribution >= 0.6 is 0 Å². The molecule has 1 aliphatic rings. The van der Waals surface area contributed by atoms with E-state index in [9.17, 15) is 9.59 Å². The molecule has 4 nitrogen and oxygen atoms in total. The Hall–Kier alpha value is -1.06. The largest absolute Gasteiger partial charge is 0.468 e. The lowest BCUT2D eigenvalue weighted by molar-refractivity contribution is -0.150. The Morgan fingerprint density at radius 2 is 1.80 bits per heavy atom. The second-order valence-corrected chi connectivity index (χ2v) is 5.70. The lowest BCUT2D eigenvalue weighted by atomic mass is 9.80. The number of carbonyl (C=O) groups is 2. The maximum absolute atomic E-state index is 11.9. The third-order valence-corrected chi connectivity index (χ3v) is 4.11. The molecular weight excluding hydrogens is 256 g/mol. The minimum absolute atomic E-state index is 0.0322. The van der Waals surface area contributed by atoms with E-state index in [4.69, 9.17) is 4.74 Å². The third-order valence-electron chi connectivity index (χ3n) is 4.11. The molecule has 0 aromatic carbocycles. The van der Waals surface area contributed by atoms with Gasteiger partial charge in [-0.05, 0) is 44.4 Å². The van der Waals surface area contributed by atoms with Gasteiger partial charge in [0.15, 0.2) is 0 Å². The predicted octanol–water partition coefficient (Wildman–Crippen LogP) is 3.48. The van der Waals surface area contributed by atoms with Crippen molar-refractivity contribution in [3.63, 3.8) is 0 Å². The van der Waals surface area contributed by atoms with Crippen molar-refractivity contribution >= 4 is 12.4 Å². The van der Waals surface area contributed by atoms with Gasteiger partial charge in [-0.3, -0.25) is 9.59 Å². The molecule has 116 valence electrons. The molecule has 0 saturated heterocycles. The summed E-state index contributed by atoms with van der Waals surface area (Å²) in [6.07, 6.45) is 9.71. The molecule has 1 rings (SSSR count). The highest BCUT2D eigenvalue weighted by Gasteiger charge is 2.26. The average Bonchev–Trinajstić information content (AvgIpc) is 2.49. The van der Waals surface area contributed by atoms with Gasteiger partial charge in [0.25, 0.3) is 6.47 Å². The van der Waals surface area contributed by atoms with Gasteiger partial charge in [0.1, 0.15) is 0 Å². The van der Waals surface area contributed by atoms with Gasteiger partial charge in [0.2, 0.25) is 0 Å². The van der Waals surface area contributed by atoms with Crippen molar-refractivity contribution in [2.45, 2.75) is 64.7 Å². The van der Waals surface area contributed by atoms with Gasteiger partial charge in [-0.2, -0.15) is 0 Å². The number of esters is 1. The number of unbranched alkanes of at least 4 members (excludes halogenated alkanes) is 2. The first-order chi connectivity index (χ1) is 9.77. The molecule has 0 aliphatic heterocycles. The molecule has 0 atom stereocenters. The summed E-state index contributed by atoms with van der Waals surface area (Å²) >= 11 is 0. The minimum atomic E-state index is -0.0322. The Morgan fingerprint density at radius 3 is 2.45 bits per heavy atom. The molecular formula is C16H28O4. The Labute approximate surface area is 122 Å². The molecule has 0 heterocycles. The van der Waals surface area contributed by atoms with Crippen molar-refractivity contribution in [3.8, 4) is 0 Å². The summed E-state index contributed by atoms with van der Waals surface area (Å²) in [6, 6.07) is 0. The van der Waals surface area contributed by atoms with E-state index in [1.54, 1.807) is 0 Å². The number of rotatable bonds is 10. The SMILES string of the molecule is CCCCC1CCC(C(=O)OCCCCOC=O)CC1. The monoisotopic (exact) mass is 284 g/mol. The van der Waals surface area contributed by atoms with Crippen molar-refractivity contribution in [1.82, 2.24) is 0 Å². The number of hydrogen-bond acceptors (Lipinski definition) is 4. The Bertz CT molecular complexity index is 270. The minimum Gasteiger partial charge on any atom is -0.468 e. The van der Waals surface area contributed by atoms with Crippen LogP contribution in [0.4, 0.5) is 0 Å². The molecule has 0 unspecified atom stereocenters. The summed E-state index contributed by atoms with van der Waals surface area (Å²) in [7, 11) is 0. The molecule has 20 heavy (non-hydrogen) atoms. The Balaban J connectivity index is 2.05. The lowest BCUT2D eigenvalue weighted by Gasteiger charge is -2.27. The maximum atomic E-state index is 11.9. The topological polar surface area (TPSA) is 52.6 Å². The molecule has 1 fully saturated rings. The van der Waals surface area contributed by atoms with E-state index in [0.717, 1.165) is 31.6 Å². The number of carbonyl (C=O) groups excluding carboxylic acids is 2. The van der Waals surface area contributed by atoms with Crippen LogP contribution in [-0.2, 0) is 19.1 Å². The quantitative estimate of drug-likeness (QED) is 0.350. The molecule has 0 amide bonds. The first-order valence-corrected chi connectivity index (χ1v) is 7.99. The molecule has 0 bridgehead atoms. The maximum Gasteiger partial charge on any atom is 0.308 e. The van der Waals surface area contributed by atoms with Gasteiger partial charge in [0, 0.05) is 0 Å². The van der Waals surface area contributed by atoms with Crippen LogP contribution in [0.5, 0.6) is 0 Å². The molecule has 0 aromatic rings. The second-order valence-electron chi connectivity index (χ2n) is 5.70. The zero-order valence-corrected chi connectivity index (χ0v) is 12.6. The van der Waals surface area contributed by atoms with Gasteiger partial charge in [-0.15, -0.1) is 0 Å². The summed E-state index contributed by atoms with van der Waals surface area (Å²) in [6.45, 7) is 3.52. The van der Waals surface area contributed by atoms with Gasteiger partial charge in [-0.1, -0.05) is 26.2 Å². The van der Waals surface area contributed by atoms with Crippen LogP contribution in [0.15, 0.2) is 0 Å². The Morgan fingerprint density at radius 1 is 1.10 bits per heavy atom. The average molecular weight is 284 g/mol. The zero-order valence-electron chi connectivity index (χ0n) is 12.6. The first kappa shape index (κ1) is 17.0. The summed E-state index contributed by atoms with van der Waals surface area (Å²) in [5.74, 6) is 0.897.